The van der Waals surface area contributed by atoms with Gasteiger partial charge < -0.3 is 9.72 Å². The zero-order valence-corrected chi connectivity index (χ0v) is 17.8. The van der Waals surface area contributed by atoms with E-state index in [9.17, 15) is 9.18 Å². The maximum Gasteiger partial charge on any atom is 0.326 e. The molecule has 0 bridgehead atoms. The number of hydrogen-bond acceptors (Lipinski definition) is 3. The molecular weight excluding hydrogens is 381 g/mol. The van der Waals surface area contributed by atoms with Gasteiger partial charge in [0, 0.05) is 31.8 Å². The largest absolute Gasteiger partial charge is 0.381 e. The number of likely N-dealkylation sites (tertiary alicyclic amines) is 1. The maximum absolute atomic E-state index is 13.8. The van der Waals surface area contributed by atoms with Crippen molar-refractivity contribution in [3.05, 3.63) is 34.0 Å². The molecule has 2 fully saturated rings. The molecule has 2 heterocycles. The fraction of sp³-hybridized carbons (Fsp3) is 0.667. The highest BCUT2D eigenvalue weighted by atomic mass is 35.5. The monoisotopic (exact) mass is 411 g/mol. The zero-order chi connectivity index (χ0) is 19.2. The number of rotatable bonds is 3. The van der Waals surface area contributed by atoms with E-state index in [1.54, 1.807) is 13.0 Å². The molecule has 0 atom stereocenters. The van der Waals surface area contributed by atoms with Crippen LogP contribution >= 0.6 is 12.4 Å². The molecule has 1 aliphatic carbocycles. The Morgan fingerprint density at radius 1 is 1.18 bits per heavy atom. The van der Waals surface area contributed by atoms with E-state index in [1.807, 2.05) is 11.7 Å². The smallest absolute Gasteiger partial charge is 0.326 e. The van der Waals surface area contributed by atoms with Crippen LogP contribution in [-0.4, -0.2) is 46.3 Å². The van der Waals surface area contributed by atoms with Crippen molar-refractivity contribution in [2.75, 3.05) is 20.2 Å². The van der Waals surface area contributed by atoms with E-state index in [0.717, 1.165) is 44.3 Å². The van der Waals surface area contributed by atoms with E-state index in [1.165, 1.54) is 18.9 Å². The third-order valence-corrected chi connectivity index (χ3v) is 6.93. The number of methoxy groups -OCH3 is 1. The van der Waals surface area contributed by atoms with E-state index in [-0.39, 0.29) is 35.5 Å². The summed E-state index contributed by atoms with van der Waals surface area (Å²) in [5.41, 5.74) is 2.11. The topological polar surface area (TPSA) is 50.3 Å². The van der Waals surface area contributed by atoms with E-state index in [2.05, 4.69) is 16.8 Å². The van der Waals surface area contributed by atoms with Gasteiger partial charge in [-0.25, -0.2) is 9.18 Å². The first kappa shape index (κ1) is 21.3. The van der Waals surface area contributed by atoms with Crippen LogP contribution in [0.3, 0.4) is 0 Å². The summed E-state index contributed by atoms with van der Waals surface area (Å²) in [6.45, 7) is 6.12. The minimum absolute atomic E-state index is 0. The predicted molar refractivity (Wildman–Crippen MR) is 112 cm³/mol. The summed E-state index contributed by atoms with van der Waals surface area (Å²) < 4.78 is 21.2. The molecule has 156 valence electrons. The summed E-state index contributed by atoms with van der Waals surface area (Å²) in [5, 5.41) is 0. The lowest BCUT2D eigenvalue weighted by molar-refractivity contribution is -0.0146. The van der Waals surface area contributed by atoms with Gasteiger partial charge in [-0.2, -0.15) is 0 Å². The molecule has 2 aromatic rings. The predicted octanol–water partition coefficient (Wildman–Crippen LogP) is 4.18. The average molecular weight is 412 g/mol. The summed E-state index contributed by atoms with van der Waals surface area (Å²) in [6, 6.07) is 3.40. The average Bonchev–Trinajstić information content (AvgIpc) is 2.97. The minimum Gasteiger partial charge on any atom is -0.381 e. The van der Waals surface area contributed by atoms with E-state index in [4.69, 9.17) is 4.74 Å². The van der Waals surface area contributed by atoms with Crippen molar-refractivity contribution in [2.45, 2.75) is 70.1 Å². The molecule has 4 rings (SSSR count). The van der Waals surface area contributed by atoms with Crippen LogP contribution in [0.2, 0.25) is 0 Å². The zero-order valence-electron chi connectivity index (χ0n) is 17.0. The van der Waals surface area contributed by atoms with Crippen molar-refractivity contribution in [2.24, 2.45) is 0 Å². The molecule has 1 N–H and O–H groups in total. The molecule has 1 aromatic heterocycles. The SMILES string of the molecule is COC1CCC(C)(N2CCC(n3c(=O)[nH]c4cc(F)c(C)cc43)CC2)CC1.Cl. The molecule has 1 saturated carbocycles. The molecular formula is C21H31ClFN3O2. The van der Waals surface area contributed by atoms with E-state index >= 15 is 0 Å². The van der Waals surface area contributed by atoms with Crippen LogP contribution in [0.4, 0.5) is 4.39 Å². The third kappa shape index (κ3) is 3.74. The van der Waals surface area contributed by atoms with Crippen molar-refractivity contribution in [3.63, 3.8) is 0 Å². The Labute approximate surface area is 171 Å². The Bertz CT molecular complexity index is 878. The second-order valence-electron chi connectivity index (χ2n) is 8.57. The first-order valence-corrected chi connectivity index (χ1v) is 10.1. The van der Waals surface area contributed by atoms with Gasteiger partial charge in [-0.1, -0.05) is 0 Å². The van der Waals surface area contributed by atoms with E-state index < -0.39 is 0 Å². The van der Waals surface area contributed by atoms with Crippen LogP contribution in [0.15, 0.2) is 16.9 Å². The van der Waals surface area contributed by atoms with Gasteiger partial charge in [-0.15, -0.1) is 12.4 Å². The molecule has 1 aromatic carbocycles. The number of nitrogens with one attached hydrogen (secondary N) is 1. The second-order valence-corrected chi connectivity index (χ2v) is 8.57. The van der Waals surface area contributed by atoms with Gasteiger partial charge in [-0.3, -0.25) is 9.47 Å². The second kappa shape index (κ2) is 8.17. The number of nitrogens with zero attached hydrogens (tertiary/aromatic N) is 2. The van der Waals surface area contributed by atoms with Gasteiger partial charge in [0.25, 0.3) is 0 Å². The van der Waals surface area contributed by atoms with Gasteiger partial charge in [0.15, 0.2) is 0 Å². The molecule has 1 saturated heterocycles. The number of fused-ring (bicyclic) bond motifs is 1. The molecule has 1 aliphatic heterocycles. The third-order valence-electron chi connectivity index (χ3n) is 6.93. The number of imidazole rings is 1. The number of piperidine rings is 1. The van der Waals surface area contributed by atoms with Crippen LogP contribution in [0.1, 0.15) is 57.1 Å². The molecule has 0 unspecified atom stereocenters. The van der Waals surface area contributed by atoms with Crippen LogP contribution in [-0.2, 0) is 4.74 Å². The van der Waals surface area contributed by atoms with Gasteiger partial charge in [0.2, 0.25) is 0 Å². The van der Waals surface area contributed by atoms with Crippen LogP contribution in [0.5, 0.6) is 0 Å². The fourth-order valence-electron chi connectivity index (χ4n) is 5.04. The Kier molecular flexibility index (Phi) is 6.23. The van der Waals surface area contributed by atoms with Crippen molar-refractivity contribution in [3.8, 4) is 0 Å². The minimum atomic E-state index is -0.273. The van der Waals surface area contributed by atoms with Crippen molar-refractivity contribution >= 4 is 23.4 Å². The molecule has 7 heteroatoms. The number of halogens is 2. The van der Waals surface area contributed by atoms with Crippen LogP contribution in [0, 0.1) is 12.7 Å². The van der Waals surface area contributed by atoms with Crippen LogP contribution < -0.4 is 5.69 Å². The Morgan fingerprint density at radius 3 is 2.43 bits per heavy atom. The number of benzene rings is 1. The summed E-state index contributed by atoms with van der Waals surface area (Å²) in [6.07, 6.45) is 6.89. The lowest BCUT2D eigenvalue weighted by Crippen LogP contribution is -2.52. The highest BCUT2D eigenvalue weighted by Crippen LogP contribution is 2.37. The molecule has 0 radical (unpaired) electrons. The van der Waals surface area contributed by atoms with E-state index in [0.29, 0.717) is 17.2 Å². The number of aromatic nitrogens is 2. The van der Waals surface area contributed by atoms with Gasteiger partial charge in [0.1, 0.15) is 5.82 Å². The number of H-pyrrole nitrogens is 1. The lowest BCUT2D eigenvalue weighted by Gasteiger charge is -2.48. The molecule has 0 amide bonds. The summed E-state index contributed by atoms with van der Waals surface area (Å²) >= 11 is 0. The van der Waals surface area contributed by atoms with Gasteiger partial charge >= 0.3 is 5.69 Å². The Hall–Kier alpha value is -1.37. The van der Waals surface area contributed by atoms with Crippen LogP contribution in [0.25, 0.3) is 11.0 Å². The number of aryl methyl sites for hydroxylation is 1. The fourth-order valence-corrected chi connectivity index (χ4v) is 5.04. The summed E-state index contributed by atoms with van der Waals surface area (Å²) in [4.78, 5) is 18.0. The quantitative estimate of drug-likeness (QED) is 0.824. The molecule has 28 heavy (non-hydrogen) atoms. The first-order chi connectivity index (χ1) is 12.9. The highest BCUT2D eigenvalue weighted by molar-refractivity contribution is 5.85. The number of ether oxygens (including phenoxy) is 1. The maximum atomic E-state index is 13.8. The lowest BCUT2D eigenvalue weighted by atomic mass is 9.79. The number of aromatic amines is 1. The first-order valence-electron chi connectivity index (χ1n) is 10.1. The highest BCUT2D eigenvalue weighted by Gasteiger charge is 2.38. The summed E-state index contributed by atoms with van der Waals surface area (Å²) in [5.74, 6) is -0.273. The molecule has 0 spiro atoms. The van der Waals surface area contributed by atoms with Gasteiger partial charge in [-0.05, 0) is 70.1 Å². The molecule has 5 nitrogen and oxygen atoms in total. The Morgan fingerprint density at radius 2 is 1.82 bits per heavy atom. The van der Waals surface area contributed by atoms with Crippen molar-refractivity contribution in [1.29, 1.82) is 0 Å². The standard InChI is InChI=1S/C21H30FN3O2.ClH/c1-14-12-19-18(13-17(14)22)23-20(26)25(19)15-6-10-24(11-7-15)21(2)8-4-16(27-3)5-9-21;/h12-13,15-16H,4-11H2,1-3H3,(H,23,26);1H. The molecule has 2 aliphatic rings. The normalized spacial score (nSPS) is 27.1. The van der Waals surface area contributed by atoms with Crippen molar-refractivity contribution in [1.82, 2.24) is 14.5 Å². The van der Waals surface area contributed by atoms with Gasteiger partial charge in [0.05, 0.1) is 17.1 Å². The Balaban J connectivity index is 0.00000225. The number of hydrogen-bond donors (Lipinski definition) is 1. The summed E-state index contributed by atoms with van der Waals surface area (Å²) in [7, 11) is 1.81. The van der Waals surface area contributed by atoms with Crippen molar-refractivity contribution < 1.29 is 9.13 Å².